The first kappa shape index (κ1) is 18.2. The number of nitrogens with zero attached hydrogens (tertiary/aromatic N) is 2. The van der Waals surface area contributed by atoms with Gasteiger partial charge in [0.15, 0.2) is 0 Å². The van der Waals surface area contributed by atoms with Gasteiger partial charge in [0.05, 0.1) is 6.61 Å². The molecule has 2 aliphatic rings. The molecule has 3 rings (SSSR count). The Kier molecular flexibility index (Phi) is 6.35. The zero-order valence-electron chi connectivity index (χ0n) is 15.7. The van der Waals surface area contributed by atoms with Crippen molar-refractivity contribution in [2.45, 2.75) is 46.1 Å². The molecule has 0 N–H and O–H groups in total. The fourth-order valence-electron chi connectivity index (χ4n) is 4.16. The van der Waals surface area contributed by atoms with Crippen LogP contribution in [0.15, 0.2) is 24.3 Å². The van der Waals surface area contributed by atoms with Crippen LogP contribution in [0.25, 0.3) is 0 Å². The number of carbonyl (C=O) groups excluding carboxylic acids is 1. The maximum absolute atomic E-state index is 12.8. The molecule has 25 heavy (non-hydrogen) atoms. The molecular weight excluding hydrogens is 312 g/mol. The second-order valence-corrected chi connectivity index (χ2v) is 7.62. The molecule has 1 aromatic rings. The van der Waals surface area contributed by atoms with E-state index in [-0.39, 0.29) is 5.92 Å². The van der Waals surface area contributed by atoms with Crippen LogP contribution in [0, 0.1) is 11.8 Å². The van der Waals surface area contributed by atoms with E-state index in [0.717, 1.165) is 51.3 Å². The lowest BCUT2D eigenvalue weighted by molar-refractivity contribution is -0.138. The first-order valence-corrected chi connectivity index (χ1v) is 9.89. The number of hydrogen-bond donors (Lipinski definition) is 0. The molecule has 0 unspecified atom stereocenters. The number of benzene rings is 1. The Morgan fingerprint density at radius 1 is 1.16 bits per heavy atom. The molecule has 2 fully saturated rings. The number of carbonyl (C=O) groups is 1. The van der Waals surface area contributed by atoms with Gasteiger partial charge in [-0.3, -0.25) is 9.69 Å². The van der Waals surface area contributed by atoms with E-state index in [2.05, 4.69) is 28.9 Å². The smallest absolute Gasteiger partial charge is 0.225 e. The third-order valence-corrected chi connectivity index (χ3v) is 5.57. The Balaban J connectivity index is 1.51. The summed E-state index contributed by atoms with van der Waals surface area (Å²) in [5.41, 5.74) is 1.25. The van der Waals surface area contributed by atoms with Crippen LogP contribution in [-0.2, 0) is 11.3 Å². The molecule has 0 radical (unpaired) electrons. The molecule has 0 aromatic heterocycles. The van der Waals surface area contributed by atoms with Crippen LogP contribution in [0.2, 0.25) is 0 Å². The summed E-state index contributed by atoms with van der Waals surface area (Å²) < 4.78 is 5.74. The van der Waals surface area contributed by atoms with Gasteiger partial charge in [-0.2, -0.15) is 0 Å². The van der Waals surface area contributed by atoms with E-state index >= 15 is 0 Å². The number of amides is 1. The molecule has 138 valence electrons. The Morgan fingerprint density at radius 3 is 2.64 bits per heavy atom. The number of rotatable bonds is 5. The van der Waals surface area contributed by atoms with Crippen LogP contribution in [0.5, 0.6) is 5.75 Å². The van der Waals surface area contributed by atoms with Crippen molar-refractivity contribution in [3.8, 4) is 5.75 Å². The van der Waals surface area contributed by atoms with Crippen molar-refractivity contribution in [3.05, 3.63) is 29.8 Å². The third-order valence-electron chi connectivity index (χ3n) is 5.57. The van der Waals surface area contributed by atoms with Crippen molar-refractivity contribution < 1.29 is 9.53 Å². The molecule has 2 aliphatic heterocycles. The van der Waals surface area contributed by atoms with Crippen molar-refractivity contribution in [1.29, 1.82) is 0 Å². The van der Waals surface area contributed by atoms with Gasteiger partial charge in [-0.25, -0.2) is 0 Å². The van der Waals surface area contributed by atoms with Crippen LogP contribution >= 0.6 is 0 Å². The summed E-state index contributed by atoms with van der Waals surface area (Å²) in [5, 5.41) is 0. The molecule has 4 nitrogen and oxygen atoms in total. The number of para-hydroxylation sites is 1. The molecule has 2 heterocycles. The highest BCUT2D eigenvalue weighted by atomic mass is 16.5. The zero-order chi connectivity index (χ0) is 17.6. The molecule has 1 aromatic carbocycles. The van der Waals surface area contributed by atoms with Crippen molar-refractivity contribution in [3.63, 3.8) is 0 Å². The second-order valence-electron chi connectivity index (χ2n) is 7.62. The Morgan fingerprint density at radius 2 is 1.92 bits per heavy atom. The van der Waals surface area contributed by atoms with Gasteiger partial charge in [0.25, 0.3) is 0 Å². The van der Waals surface area contributed by atoms with Crippen LogP contribution < -0.4 is 4.74 Å². The topological polar surface area (TPSA) is 32.8 Å². The maximum Gasteiger partial charge on any atom is 0.225 e. The Labute approximate surface area is 152 Å². The molecule has 0 bridgehead atoms. The molecular formula is C21H32N2O2. The van der Waals surface area contributed by atoms with Crippen molar-refractivity contribution >= 4 is 5.91 Å². The number of hydrogen-bond acceptors (Lipinski definition) is 3. The first-order chi connectivity index (χ1) is 12.2. The number of piperidine rings is 2. The molecule has 4 heteroatoms. The highest BCUT2D eigenvalue weighted by molar-refractivity contribution is 5.79. The fourth-order valence-corrected chi connectivity index (χ4v) is 4.16. The van der Waals surface area contributed by atoms with E-state index in [1.165, 1.54) is 18.4 Å². The minimum absolute atomic E-state index is 0.226. The van der Waals surface area contributed by atoms with Crippen molar-refractivity contribution in [1.82, 2.24) is 9.80 Å². The minimum atomic E-state index is 0.226. The van der Waals surface area contributed by atoms with Crippen molar-refractivity contribution in [2.24, 2.45) is 11.8 Å². The van der Waals surface area contributed by atoms with Gasteiger partial charge in [-0.15, -0.1) is 0 Å². The highest BCUT2D eigenvalue weighted by Gasteiger charge is 2.30. The zero-order valence-corrected chi connectivity index (χ0v) is 15.7. The van der Waals surface area contributed by atoms with E-state index in [4.69, 9.17) is 4.74 Å². The predicted molar refractivity (Wildman–Crippen MR) is 101 cm³/mol. The van der Waals surface area contributed by atoms with E-state index < -0.39 is 0 Å². The molecule has 0 spiro atoms. The summed E-state index contributed by atoms with van der Waals surface area (Å²) in [4.78, 5) is 17.4. The van der Waals surface area contributed by atoms with Gasteiger partial charge in [0, 0.05) is 31.1 Å². The average Bonchev–Trinajstić information content (AvgIpc) is 2.64. The van der Waals surface area contributed by atoms with Gasteiger partial charge >= 0.3 is 0 Å². The lowest BCUT2D eigenvalue weighted by Crippen LogP contribution is -2.45. The Bertz CT molecular complexity index is 567. The summed E-state index contributed by atoms with van der Waals surface area (Å²) in [7, 11) is 0. The summed E-state index contributed by atoms with van der Waals surface area (Å²) in [6.07, 6.45) is 4.41. The predicted octanol–water partition coefficient (Wildman–Crippen LogP) is 3.56. The monoisotopic (exact) mass is 344 g/mol. The molecule has 0 saturated carbocycles. The van der Waals surface area contributed by atoms with E-state index in [1.807, 2.05) is 19.1 Å². The van der Waals surface area contributed by atoms with Crippen LogP contribution in [-0.4, -0.2) is 48.5 Å². The normalized spacial score (nSPS) is 22.8. The Hall–Kier alpha value is -1.55. The van der Waals surface area contributed by atoms with E-state index in [9.17, 15) is 4.79 Å². The van der Waals surface area contributed by atoms with Gasteiger partial charge < -0.3 is 9.64 Å². The summed E-state index contributed by atoms with van der Waals surface area (Å²) in [6.45, 7) is 9.82. The first-order valence-electron chi connectivity index (χ1n) is 9.89. The van der Waals surface area contributed by atoms with Crippen molar-refractivity contribution in [2.75, 3.05) is 32.8 Å². The lowest BCUT2D eigenvalue weighted by Gasteiger charge is -2.37. The number of likely N-dealkylation sites (tertiary alicyclic amines) is 2. The van der Waals surface area contributed by atoms with Gasteiger partial charge in [-0.1, -0.05) is 25.1 Å². The molecule has 0 aliphatic carbocycles. The SMILES string of the molecule is CCOc1ccccc1CN1CCC(C(=O)N2CCC[C@H](C)C2)CC1. The fraction of sp³-hybridized carbons (Fsp3) is 0.667. The lowest BCUT2D eigenvalue weighted by atomic mass is 9.92. The standard InChI is InChI=1S/C21H32N2O2/c1-3-25-20-9-5-4-8-19(20)16-22-13-10-18(11-14-22)21(24)23-12-6-7-17(2)15-23/h4-5,8-9,17-18H,3,6-7,10-16H2,1-2H3/t17-/m0/s1. The molecule has 2 saturated heterocycles. The minimum Gasteiger partial charge on any atom is -0.494 e. The van der Waals surface area contributed by atoms with E-state index in [1.54, 1.807) is 0 Å². The van der Waals surface area contributed by atoms with Crippen LogP contribution in [0.3, 0.4) is 0 Å². The number of ether oxygens (including phenoxy) is 1. The quantitative estimate of drug-likeness (QED) is 0.819. The maximum atomic E-state index is 12.8. The summed E-state index contributed by atoms with van der Waals surface area (Å²) >= 11 is 0. The summed E-state index contributed by atoms with van der Waals surface area (Å²) in [6, 6.07) is 8.30. The third kappa shape index (κ3) is 4.75. The second kappa shape index (κ2) is 8.70. The molecule has 1 amide bonds. The van der Waals surface area contributed by atoms with Gasteiger partial charge in [0.1, 0.15) is 5.75 Å². The highest BCUT2D eigenvalue weighted by Crippen LogP contribution is 2.26. The van der Waals surface area contributed by atoms with Gasteiger partial charge in [0.2, 0.25) is 5.91 Å². The molecule has 1 atom stereocenters. The van der Waals surface area contributed by atoms with Crippen LogP contribution in [0.1, 0.15) is 45.1 Å². The largest absolute Gasteiger partial charge is 0.494 e. The average molecular weight is 344 g/mol. The van der Waals surface area contributed by atoms with Crippen LogP contribution in [0.4, 0.5) is 0 Å². The van der Waals surface area contributed by atoms with Gasteiger partial charge in [-0.05, 0) is 57.7 Å². The van der Waals surface area contributed by atoms with E-state index in [0.29, 0.717) is 18.4 Å². The summed E-state index contributed by atoms with van der Waals surface area (Å²) in [5.74, 6) is 2.28.